The zero-order valence-corrected chi connectivity index (χ0v) is 14.4. The Morgan fingerprint density at radius 1 is 1.50 bits per heavy atom. The number of likely N-dealkylation sites (tertiary alicyclic amines) is 1. The van der Waals surface area contributed by atoms with E-state index in [-0.39, 0.29) is 18.3 Å². The molecule has 1 aliphatic rings. The van der Waals surface area contributed by atoms with Crippen molar-refractivity contribution >= 4 is 34.2 Å². The van der Waals surface area contributed by atoms with Crippen LogP contribution in [0.3, 0.4) is 0 Å². The van der Waals surface area contributed by atoms with E-state index in [4.69, 9.17) is 0 Å². The number of amides is 1. The number of carbonyl (C=O) groups excluding carboxylic acids is 1. The van der Waals surface area contributed by atoms with Crippen molar-refractivity contribution in [2.24, 2.45) is 5.92 Å². The minimum absolute atomic E-state index is 0. The molecule has 0 spiro atoms. The predicted molar refractivity (Wildman–Crippen MR) is 88.7 cm³/mol. The summed E-state index contributed by atoms with van der Waals surface area (Å²) in [6.45, 7) is 4.76. The van der Waals surface area contributed by atoms with Crippen molar-refractivity contribution in [1.82, 2.24) is 10.2 Å². The first-order valence-corrected chi connectivity index (χ1v) is 7.61. The number of halogens is 2. The minimum Gasteiger partial charge on any atom is -0.338 e. The predicted octanol–water partition coefficient (Wildman–Crippen LogP) is 3.25. The van der Waals surface area contributed by atoms with Gasteiger partial charge in [0.15, 0.2) is 0 Å². The quantitative estimate of drug-likeness (QED) is 0.896. The summed E-state index contributed by atoms with van der Waals surface area (Å²) in [6, 6.07) is 5.83. The van der Waals surface area contributed by atoms with Gasteiger partial charge in [-0.2, -0.15) is 0 Å². The highest BCUT2D eigenvalue weighted by atomic mass is 79.9. The van der Waals surface area contributed by atoms with Gasteiger partial charge in [-0.15, -0.1) is 12.4 Å². The smallest absolute Gasteiger partial charge is 0.253 e. The van der Waals surface area contributed by atoms with E-state index < -0.39 is 0 Å². The first-order valence-electron chi connectivity index (χ1n) is 6.82. The van der Waals surface area contributed by atoms with Crippen molar-refractivity contribution in [3.8, 4) is 0 Å². The summed E-state index contributed by atoms with van der Waals surface area (Å²) in [4.78, 5) is 14.5. The van der Waals surface area contributed by atoms with Crippen LogP contribution in [0.5, 0.6) is 0 Å². The summed E-state index contributed by atoms with van der Waals surface area (Å²) in [5.74, 6) is 0.746. The standard InChI is InChI=1S/C15H21BrN2O.ClH/c1-11-8-13(5-6-14(11)16)15(19)18-7-3-4-12(10-18)9-17-2;/h5-6,8,12,17H,3-4,7,9-10H2,1-2H3;1H. The maximum absolute atomic E-state index is 12.5. The fraction of sp³-hybridized carbons (Fsp3) is 0.533. The van der Waals surface area contributed by atoms with Crippen LogP contribution in [0.4, 0.5) is 0 Å². The second-order valence-electron chi connectivity index (χ2n) is 5.28. The van der Waals surface area contributed by atoms with Crippen LogP contribution in [0.25, 0.3) is 0 Å². The number of hydrogen-bond donors (Lipinski definition) is 1. The van der Waals surface area contributed by atoms with Gasteiger partial charge >= 0.3 is 0 Å². The maximum Gasteiger partial charge on any atom is 0.253 e. The average Bonchev–Trinajstić information content (AvgIpc) is 2.42. The van der Waals surface area contributed by atoms with E-state index in [0.717, 1.165) is 41.7 Å². The highest BCUT2D eigenvalue weighted by Gasteiger charge is 2.24. The van der Waals surface area contributed by atoms with E-state index in [2.05, 4.69) is 21.2 Å². The molecule has 112 valence electrons. The molecule has 0 aromatic heterocycles. The molecule has 1 N–H and O–H groups in total. The Labute approximate surface area is 135 Å². The average molecular weight is 362 g/mol. The van der Waals surface area contributed by atoms with Crippen LogP contribution in [0.15, 0.2) is 22.7 Å². The van der Waals surface area contributed by atoms with E-state index >= 15 is 0 Å². The molecule has 3 nitrogen and oxygen atoms in total. The van der Waals surface area contributed by atoms with E-state index in [0.29, 0.717) is 5.92 Å². The molecule has 1 unspecified atom stereocenters. The fourth-order valence-electron chi connectivity index (χ4n) is 2.67. The zero-order chi connectivity index (χ0) is 13.8. The minimum atomic E-state index is 0. The molecule has 1 amide bonds. The van der Waals surface area contributed by atoms with Gasteiger partial charge in [0.25, 0.3) is 5.91 Å². The topological polar surface area (TPSA) is 32.3 Å². The Kier molecular flexibility index (Phi) is 7.00. The highest BCUT2D eigenvalue weighted by molar-refractivity contribution is 9.10. The Bertz CT molecular complexity index is 465. The molecule has 1 aromatic rings. The van der Waals surface area contributed by atoms with Crippen LogP contribution in [0, 0.1) is 12.8 Å². The second-order valence-corrected chi connectivity index (χ2v) is 6.14. The summed E-state index contributed by atoms with van der Waals surface area (Å²) >= 11 is 3.47. The van der Waals surface area contributed by atoms with Crippen molar-refractivity contribution < 1.29 is 4.79 Å². The van der Waals surface area contributed by atoms with Gasteiger partial charge in [0.2, 0.25) is 0 Å². The molecule has 1 atom stereocenters. The number of nitrogens with zero attached hydrogens (tertiary/aromatic N) is 1. The summed E-state index contributed by atoms with van der Waals surface area (Å²) in [7, 11) is 1.97. The van der Waals surface area contributed by atoms with Crippen molar-refractivity contribution in [3.63, 3.8) is 0 Å². The number of benzene rings is 1. The molecule has 2 rings (SSSR count). The summed E-state index contributed by atoms with van der Waals surface area (Å²) in [5.41, 5.74) is 1.90. The van der Waals surface area contributed by atoms with E-state index in [1.54, 1.807) is 0 Å². The third-order valence-corrected chi connectivity index (χ3v) is 4.59. The molecule has 1 saturated heterocycles. The maximum atomic E-state index is 12.5. The van der Waals surface area contributed by atoms with Crippen molar-refractivity contribution in [2.45, 2.75) is 19.8 Å². The SMILES string of the molecule is CNCC1CCCN(C(=O)c2ccc(Br)c(C)c2)C1.Cl. The van der Waals surface area contributed by atoms with Gasteiger partial charge < -0.3 is 10.2 Å². The number of hydrogen-bond acceptors (Lipinski definition) is 2. The number of aryl methyl sites for hydroxylation is 1. The third-order valence-electron chi connectivity index (χ3n) is 3.70. The van der Waals surface area contributed by atoms with E-state index in [9.17, 15) is 4.79 Å². The van der Waals surface area contributed by atoms with Crippen molar-refractivity contribution in [1.29, 1.82) is 0 Å². The van der Waals surface area contributed by atoms with Gasteiger partial charge in [0, 0.05) is 23.1 Å². The van der Waals surface area contributed by atoms with Crippen molar-refractivity contribution in [2.75, 3.05) is 26.7 Å². The number of rotatable bonds is 3. The van der Waals surface area contributed by atoms with Crippen LogP contribution in [0.2, 0.25) is 0 Å². The Hall–Kier alpha value is -0.580. The van der Waals surface area contributed by atoms with Gasteiger partial charge in [-0.3, -0.25) is 4.79 Å². The lowest BCUT2D eigenvalue weighted by Gasteiger charge is -2.32. The van der Waals surface area contributed by atoms with Crippen molar-refractivity contribution in [3.05, 3.63) is 33.8 Å². The molecule has 1 heterocycles. The normalized spacial score (nSPS) is 18.6. The largest absolute Gasteiger partial charge is 0.338 e. The first kappa shape index (κ1) is 17.5. The molecule has 0 aliphatic carbocycles. The molecule has 0 bridgehead atoms. The summed E-state index contributed by atoms with van der Waals surface area (Å²) in [5, 5.41) is 3.21. The highest BCUT2D eigenvalue weighted by Crippen LogP contribution is 2.21. The lowest BCUT2D eigenvalue weighted by atomic mass is 9.97. The molecule has 1 aromatic carbocycles. The van der Waals surface area contributed by atoms with Gasteiger partial charge in [-0.1, -0.05) is 15.9 Å². The molecule has 1 aliphatic heterocycles. The molecule has 0 saturated carbocycles. The molecule has 20 heavy (non-hydrogen) atoms. The van der Waals surface area contributed by atoms with E-state index in [1.807, 2.05) is 37.1 Å². The van der Waals surface area contributed by atoms with Crippen LogP contribution in [-0.4, -0.2) is 37.5 Å². The second kappa shape index (κ2) is 8.01. The number of carbonyl (C=O) groups is 1. The van der Waals surface area contributed by atoms with Gasteiger partial charge in [0.1, 0.15) is 0 Å². The van der Waals surface area contributed by atoms with Gasteiger partial charge in [-0.05, 0) is 63.0 Å². The van der Waals surface area contributed by atoms with Gasteiger partial charge in [0.05, 0.1) is 0 Å². The molecular weight excluding hydrogens is 340 g/mol. The Morgan fingerprint density at radius 3 is 2.90 bits per heavy atom. The molecule has 1 fully saturated rings. The number of nitrogens with one attached hydrogen (secondary N) is 1. The Balaban J connectivity index is 0.00000200. The lowest BCUT2D eigenvalue weighted by Crippen LogP contribution is -2.42. The van der Waals surface area contributed by atoms with Gasteiger partial charge in [-0.25, -0.2) is 0 Å². The molecule has 5 heteroatoms. The van der Waals surface area contributed by atoms with Crippen LogP contribution in [0.1, 0.15) is 28.8 Å². The summed E-state index contributed by atoms with van der Waals surface area (Å²) < 4.78 is 1.05. The monoisotopic (exact) mass is 360 g/mol. The van der Waals surface area contributed by atoms with Crippen LogP contribution in [-0.2, 0) is 0 Å². The van der Waals surface area contributed by atoms with E-state index in [1.165, 1.54) is 6.42 Å². The zero-order valence-electron chi connectivity index (χ0n) is 12.0. The summed E-state index contributed by atoms with van der Waals surface area (Å²) in [6.07, 6.45) is 2.32. The van der Waals surface area contributed by atoms with Crippen LogP contribution >= 0.6 is 28.3 Å². The molecule has 0 radical (unpaired) electrons. The molecular formula is C15H22BrClN2O. The lowest BCUT2D eigenvalue weighted by molar-refractivity contribution is 0.0674. The first-order chi connectivity index (χ1) is 9.11. The fourth-order valence-corrected chi connectivity index (χ4v) is 2.91. The number of piperidine rings is 1. The Morgan fingerprint density at radius 2 is 2.25 bits per heavy atom. The third kappa shape index (κ3) is 4.21. The van der Waals surface area contributed by atoms with Crippen LogP contribution < -0.4 is 5.32 Å².